The molecule has 2 aromatic rings. The Morgan fingerprint density at radius 3 is 2.48 bits per heavy atom. The van der Waals surface area contributed by atoms with Gasteiger partial charge in [0, 0.05) is 18.8 Å². The molecule has 0 spiro atoms. The molecule has 9 heteroatoms. The molecule has 152 valence electrons. The number of aryl methyl sites for hydroxylation is 2. The van der Waals surface area contributed by atoms with Crippen LogP contribution in [0.25, 0.3) is 11.0 Å². The van der Waals surface area contributed by atoms with Gasteiger partial charge in [0.05, 0.1) is 16.8 Å². The molecule has 0 radical (unpaired) electrons. The van der Waals surface area contributed by atoms with Crippen LogP contribution in [0.5, 0.6) is 0 Å². The lowest BCUT2D eigenvalue weighted by atomic mass is 10.0. The minimum absolute atomic E-state index is 0.106. The SMILES string of the molecule is CCCS(=O)(=O)NCC(C)(C)n1c(COCC)nc2c(N)nc(C)c(C)c21. The molecule has 0 aliphatic heterocycles. The van der Waals surface area contributed by atoms with Crippen LogP contribution in [0, 0.1) is 13.8 Å². The summed E-state index contributed by atoms with van der Waals surface area (Å²) in [4.78, 5) is 9.05. The lowest BCUT2D eigenvalue weighted by Crippen LogP contribution is -2.42. The Morgan fingerprint density at radius 1 is 1.22 bits per heavy atom. The fraction of sp³-hybridized carbons (Fsp3) is 0.667. The fourth-order valence-corrected chi connectivity index (χ4v) is 4.38. The van der Waals surface area contributed by atoms with Crippen molar-refractivity contribution in [1.82, 2.24) is 19.3 Å². The van der Waals surface area contributed by atoms with Crippen molar-refractivity contribution < 1.29 is 13.2 Å². The molecule has 2 rings (SSSR count). The fourth-order valence-electron chi connectivity index (χ4n) is 3.13. The average molecular weight is 398 g/mol. The van der Waals surface area contributed by atoms with Crippen LogP contribution in [-0.4, -0.2) is 41.9 Å². The highest BCUT2D eigenvalue weighted by Crippen LogP contribution is 2.31. The van der Waals surface area contributed by atoms with Crippen LogP contribution >= 0.6 is 0 Å². The highest BCUT2D eigenvalue weighted by molar-refractivity contribution is 7.89. The van der Waals surface area contributed by atoms with E-state index in [0.29, 0.717) is 36.8 Å². The second-order valence-corrected chi connectivity index (χ2v) is 9.28. The molecule has 0 atom stereocenters. The van der Waals surface area contributed by atoms with Gasteiger partial charge in [-0.05, 0) is 46.6 Å². The van der Waals surface area contributed by atoms with Crippen molar-refractivity contribution in [3.05, 3.63) is 17.1 Å². The van der Waals surface area contributed by atoms with Gasteiger partial charge in [-0.3, -0.25) is 0 Å². The molecule has 0 fully saturated rings. The van der Waals surface area contributed by atoms with Gasteiger partial charge in [-0.25, -0.2) is 23.1 Å². The maximum absolute atomic E-state index is 12.2. The number of sulfonamides is 1. The standard InChI is InChI=1S/C18H31N5O3S/c1-7-9-27(24,25)20-11-18(5,6)23-14(10-26-8-2)22-15-16(23)12(3)13(4)21-17(15)19/h20H,7-11H2,1-6H3,(H2,19,21). The molecule has 0 unspecified atom stereocenters. The number of anilines is 1. The first-order valence-corrected chi connectivity index (χ1v) is 10.9. The topological polar surface area (TPSA) is 112 Å². The van der Waals surface area contributed by atoms with Crippen molar-refractivity contribution in [2.24, 2.45) is 0 Å². The Hall–Kier alpha value is -1.71. The number of fused-ring (bicyclic) bond motifs is 1. The third kappa shape index (κ3) is 4.59. The predicted octanol–water partition coefficient (Wildman–Crippen LogP) is 2.23. The Balaban J connectivity index is 2.59. The third-order valence-corrected chi connectivity index (χ3v) is 6.14. The van der Waals surface area contributed by atoms with E-state index in [1.165, 1.54) is 0 Å². The molecule has 0 amide bonds. The highest BCUT2D eigenvalue weighted by atomic mass is 32.2. The Morgan fingerprint density at radius 2 is 1.89 bits per heavy atom. The Kier molecular flexibility index (Phi) is 6.49. The number of nitrogens with two attached hydrogens (primary N) is 1. The molecule has 0 saturated heterocycles. The van der Waals surface area contributed by atoms with Crippen molar-refractivity contribution in [2.75, 3.05) is 24.6 Å². The van der Waals surface area contributed by atoms with Gasteiger partial charge >= 0.3 is 0 Å². The molecule has 27 heavy (non-hydrogen) atoms. The van der Waals surface area contributed by atoms with E-state index in [1.54, 1.807) is 0 Å². The van der Waals surface area contributed by atoms with Crippen LogP contribution < -0.4 is 10.5 Å². The minimum atomic E-state index is -3.32. The molecule has 3 N–H and O–H groups in total. The first-order valence-electron chi connectivity index (χ1n) is 9.23. The summed E-state index contributed by atoms with van der Waals surface area (Å²) < 4.78 is 34.7. The minimum Gasteiger partial charge on any atom is -0.382 e. The van der Waals surface area contributed by atoms with E-state index < -0.39 is 15.6 Å². The van der Waals surface area contributed by atoms with Gasteiger partial charge in [-0.2, -0.15) is 0 Å². The summed E-state index contributed by atoms with van der Waals surface area (Å²) in [6, 6.07) is 0. The number of hydrogen-bond acceptors (Lipinski definition) is 6. The van der Waals surface area contributed by atoms with E-state index in [2.05, 4.69) is 14.7 Å². The maximum Gasteiger partial charge on any atom is 0.211 e. The zero-order chi connectivity index (χ0) is 20.4. The van der Waals surface area contributed by atoms with Crippen molar-refractivity contribution in [2.45, 2.75) is 60.1 Å². The quantitative estimate of drug-likeness (QED) is 0.671. The normalized spacial score (nSPS) is 12.8. The van der Waals surface area contributed by atoms with E-state index in [9.17, 15) is 8.42 Å². The number of nitrogen functional groups attached to an aromatic ring is 1. The van der Waals surface area contributed by atoms with E-state index in [4.69, 9.17) is 10.5 Å². The molecule has 0 saturated carbocycles. The number of aromatic nitrogens is 3. The van der Waals surface area contributed by atoms with E-state index >= 15 is 0 Å². The largest absolute Gasteiger partial charge is 0.382 e. The number of rotatable bonds is 9. The summed E-state index contributed by atoms with van der Waals surface area (Å²) in [7, 11) is -3.32. The molecule has 2 aromatic heterocycles. The Bertz CT molecular complexity index is 919. The smallest absolute Gasteiger partial charge is 0.211 e. The zero-order valence-electron chi connectivity index (χ0n) is 17.1. The van der Waals surface area contributed by atoms with Crippen LogP contribution in [0.4, 0.5) is 5.82 Å². The van der Waals surface area contributed by atoms with Gasteiger partial charge in [0.1, 0.15) is 17.9 Å². The number of hydrogen-bond donors (Lipinski definition) is 2. The summed E-state index contributed by atoms with van der Waals surface area (Å²) in [5.74, 6) is 1.18. The van der Waals surface area contributed by atoms with Crippen LogP contribution in [0.15, 0.2) is 0 Å². The summed E-state index contributed by atoms with van der Waals surface area (Å²) in [5, 5.41) is 0. The molecular weight excluding hydrogens is 366 g/mol. The predicted molar refractivity (Wildman–Crippen MR) is 108 cm³/mol. The maximum atomic E-state index is 12.2. The van der Waals surface area contributed by atoms with Crippen LogP contribution in [0.2, 0.25) is 0 Å². The summed E-state index contributed by atoms with van der Waals surface area (Å²) in [6.45, 7) is 12.7. The number of nitrogens with zero attached hydrogens (tertiary/aromatic N) is 3. The van der Waals surface area contributed by atoms with Crippen molar-refractivity contribution in [1.29, 1.82) is 0 Å². The lowest BCUT2D eigenvalue weighted by Gasteiger charge is -2.30. The molecule has 8 nitrogen and oxygen atoms in total. The Labute approximate surface area is 161 Å². The number of nitrogens with one attached hydrogen (secondary N) is 1. The third-order valence-electron chi connectivity index (χ3n) is 4.61. The highest BCUT2D eigenvalue weighted by Gasteiger charge is 2.30. The van der Waals surface area contributed by atoms with E-state index in [1.807, 2.05) is 46.1 Å². The lowest BCUT2D eigenvalue weighted by molar-refractivity contribution is 0.121. The molecule has 0 aromatic carbocycles. The van der Waals surface area contributed by atoms with Crippen LogP contribution in [0.3, 0.4) is 0 Å². The summed E-state index contributed by atoms with van der Waals surface area (Å²) in [6.07, 6.45) is 0.569. The van der Waals surface area contributed by atoms with Gasteiger partial charge in [0.25, 0.3) is 0 Å². The van der Waals surface area contributed by atoms with Gasteiger partial charge in [0.2, 0.25) is 10.0 Å². The summed E-state index contributed by atoms with van der Waals surface area (Å²) in [5.41, 5.74) is 8.84. The van der Waals surface area contributed by atoms with Gasteiger partial charge in [-0.1, -0.05) is 6.92 Å². The second-order valence-electron chi connectivity index (χ2n) is 7.36. The first kappa shape index (κ1) is 21.6. The number of imidazole rings is 1. The molecule has 2 heterocycles. The molecule has 0 bridgehead atoms. The molecule has 0 aliphatic carbocycles. The number of ether oxygens (including phenoxy) is 1. The number of pyridine rings is 1. The second kappa shape index (κ2) is 8.12. The summed E-state index contributed by atoms with van der Waals surface area (Å²) >= 11 is 0. The molecular formula is C18H31N5O3S. The van der Waals surface area contributed by atoms with Crippen LogP contribution in [0.1, 0.15) is 51.2 Å². The first-order chi connectivity index (χ1) is 12.5. The van der Waals surface area contributed by atoms with Crippen molar-refractivity contribution >= 4 is 26.9 Å². The van der Waals surface area contributed by atoms with E-state index in [-0.39, 0.29) is 12.3 Å². The average Bonchev–Trinajstić information content (AvgIpc) is 2.97. The van der Waals surface area contributed by atoms with Gasteiger partial charge < -0.3 is 15.0 Å². The van der Waals surface area contributed by atoms with Gasteiger partial charge in [0.15, 0.2) is 5.82 Å². The molecule has 0 aliphatic rings. The van der Waals surface area contributed by atoms with E-state index in [0.717, 1.165) is 16.8 Å². The van der Waals surface area contributed by atoms with Gasteiger partial charge in [-0.15, -0.1) is 0 Å². The van der Waals surface area contributed by atoms with Crippen LogP contribution in [-0.2, 0) is 26.9 Å². The van der Waals surface area contributed by atoms with Crippen molar-refractivity contribution in [3.8, 4) is 0 Å². The van der Waals surface area contributed by atoms with Crippen molar-refractivity contribution in [3.63, 3.8) is 0 Å². The monoisotopic (exact) mass is 397 g/mol. The zero-order valence-corrected chi connectivity index (χ0v) is 17.9.